The highest BCUT2D eigenvalue weighted by atomic mass is 16.6. The Labute approximate surface area is 203 Å². The maximum Gasteiger partial charge on any atom is 0.272 e. The number of hydrogen-bond donors (Lipinski definition) is 2. The molecule has 0 bridgehead atoms. The smallest absolute Gasteiger partial charge is 0.272 e. The summed E-state index contributed by atoms with van der Waals surface area (Å²) in [5.74, 6) is -0.204. The minimum absolute atomic E-state index is 0.153. The molecule has 3 aromatic rings. The molecule has 0 saturated carbocycles. The molecule has 2 heterocycles. The van der Waals surface area contributed by atoms with Crippen molar-refractivity contribution in [3.05, 3.63) is 79.8 Å². The van der Waals surface area contributed by atoms with Crippen LogP contribution in [0.2, 0.25) is 0 Å². The van der Waals surface area contributed by atoms with Crippen molar-refractivity contribution in [1.29, 1.82) is 0 Å². The Balaban J connectivity index is 1.33. The quantitative estimate of drug-likeness (QED) is 0.376. The van der Waals surface area contributed by atoms with E-state index in [1.807, 2.05) is 6.07 Å². The van der Waals surface area contributed by atoms with Gasteiger partial charge in [-0.2, -0.15) is 0 Å². The van der Waals surface area contributed by atoms with Crippen LogP contribution in [0.15, 0.2) is 47.4 Å². The number of carbonyl (C=O) groups is 1. The molecule has 184 valence electrons. The third-order valence-corrected chi connectivity index (χ3v) is 6.63. The fraction of sp³-hybridized carbons (Fsp3) is 0.400. The topological polar surface area (TPSA) is 122 Å². The van der Waals surface area contributed by atoms with Crippen molar-refractivity contribution in [2.24, 2.45) is 0 Å². The summed E-state index contributed by atoms with van der Waals surface area (Å²) >= 11 is 0. The number of nitro benzene ring substituents is 1. The average molecular weight is 479 g/mol. The summed E-state index contributed by atoms with van der Waals surface area (Å²) in [6.45, 7) is 5.37. The lowest BCUT2D eigenvalue weighted by molar-refractivity contribution is -0.385. The molecule has 1 aliphatic rings. The normalized spacial score (nSPS) is 14.8. The molecule has 10 heteroatoms. The number of benzene rings is 2. The number of aryl methyl sites for hydroxylation is 1. The van der Waals surface area contributed by atoms with Crippen molar-refractivity contribution in [2.75, 3.05) is 26.7 Å². The number of amides is 1. The molecule has 0 radical (unpaired) electrons. The zero-order chi connectivity index (χ0) is 24.9. The summed E-state index contributed by atoms with van der Waals surface area (Å²) in [6.07, 6.45) is 3.25. The highest BCUT2D eigenvalue weighted by Crippen LogP contribution is 2.20. The third-order valence-electron chi connectivity index (χ3n) is 6.63. The van der Waals surface area contributed by atoms with Gasteiger partial charge in [0.1, 0.15) is 0 Å². The minimum atomic E-state index is -0.339. The van der Waals surface area contributed by atoms with Gasteiger partial charge in [-0.1, -0.05) is 12.1 Å². The van der Waals surface area contributed by atoms with Crippen LogP contribution in [0.3, 0.4) is 0 Å². The number of piperidine rings is 1. The van der Waals surface area contributed by atoms with E-state index in [4.69, 9.17) is 0 Å². The van der Waals surface area contributed by atoms with Gasteiger partial charge in [0.2, 0.25) is 0 Å². The van der Waals surface area contributed by atoms with E-state index in [1.165, 1.54) is 6.20 Å². The van der Waals surface area contributed by atoms with Gasteiger partial charge in [0.15, 0.2) is 0 Å². The second kappa shape index (κ2) is 10.7. The molecule has 0 unspecified atom stereocenters. The van der Waals surface area contributed by atoms with Gasteiger partial charge in [-0.05, 0) is 56.6 Å². The summed E-state index contributed by atoms with van der Waals surface area (Å²) in [7, 11) is 1.58. The summed E-state index contributed by atoms with van der Waals surface area (Å²) < 4.78 is 1.68. The molecular weight excluding hydrogens is 448 g/mol. The number of hydrogen-bond acceptors (Lipinski definition) is 7. The lowest BCUT2D eigenvalue weighted by atomic mass is 10.0. The summed E-state index contributed by atoms with van der Waals surface area (Å²) in [5, 5.41) is 17.3. The molecule has 0 spiro atoms. The van der Waals surface area contributed by atoms with Gasteiger partial charge in [-0.25, -0.2) is 4.98 Å². The Hall–Kier alpha value is -3.63. The Bertz CT molecular complexity index is 1300. The molecule has 1 aromatic heterocycles. The molecule has 1 saturated heterocycles. The molecule has 0 atom stereocenters. The van der Waals surface area contributed by atoms with E-state index in [0.29, 0.717) is 41.3 Å². The molecule has 1 aliphatic heterocycles. The molecule has 1 amide bonds. The van der Waals surface area contributed by atoms with Gasteiger partial charge in [-0.3, -0.25) is 19.7 Å². The number of rotatable bonds is 8. The van der Waals surface area contributed by atoms with Gasteiger partial charge in [0, 0.05) is 49.9 Å². The molecular formula is C25H30N6O4. The molecule has 2 aromatic carbocycles. The third kappa shape index (κ3) is 5.72. The molecule has 4 rings (SSSR count). The van der Waals surface area contributed by atoms with Crippen LogP contribution in [0.4, 0.5) is 5.69 Å². The van der Waals surface area contributed by atoms with Crippen LogP contribution in [0.1, 0.15) is 34.3 Å². The first kappa shape index (κ1) is 24.5. The maximum atomic E-state index is 12.5. The largest absolute Gasteiger partial charge is 0.355 e. The second-order valence-corrected chi connectivity index (χ2v) is 8.91. The van der Waals surface area contributed by atoms with E-state index in [2.05, 4.69) is 20.5 Å². The summed E-state index contributed by atoms with van der Waals surface area (Å²) in [6, 6.07) is 10.9. The van der Waals surface area contributed by atoms with E-state index in [9.17, 15) is 19.7 Å². The lowest BCUT2D eigenvalue weighted by Crippen LogP contribution is -2.43. The monoisotopic (exact) mass is 478 g/mol. The first-order valence-corrected chi connectivity index (χ1v) is 11.8. The fourth-order valence-electron chi connectivity index (χ4n) is 4.50. The first-order valence-electron chi connectivity index (χ1n) is 11.8. The van der Waals surface area contributed by atoms with Gasteiger partial charge in [0.25, 0.3) is 17.2 Å². The maximum absolute atomic E-state index is 12.5. The van der Waals surface area contributed by atoms with E-state index < -0.39 is 0 Å². The second-order valence-electron chi connectivity index (χ2n) is 8.91. The van der Waals surface area contributed by atoms with Crippen LogP contribution in [0, 0.1) is 17.0 Å². The Kier molecular flexibility index (Phi) is 7.52. The van der Waals surface area contributed by atoms with E-state index >= 15 is 0 Å². The zero-order valence-electron chi connectivity index (χ0n) is 20.0. The van der Waals surface area contributed by atoms with Crippen LogP contribution in [-0.4, -0.2) is 58.0 Å². The summed E-state index contributed by atoms with van der Waals surface area (Å²) in [5.41, 5.74) is 3.37. The van der Waals surface area contributed by atoms with E-state index in [1.54, 1.807) is 48.9 Å². The first-order chi connectivity index (χ1) is 16.9. The zero-order valence-corrected chi connectivity index (χ0v) is 20.0. The van der Waals surface area contributed by atoms with Crippen molar-refractivity contribution in [3.8, 4) is 0 Å². The number of carbonyl (C=O) groups excluding carboxylic acids is 1. The van der Waals surface area contributed by atoms with Crippen molar-refractivity contribution in [1.82, 2.24) is 25.1 Å². The number of nitrogens with zero attached hydrogens (tertiary/aromatic N) is 4. The van der Waals surface area contributed by atoms with Crippen LogP contribution < -0.4 is 16.2 Å². The van der Waals surface area contributed by atoms with Crippen LogP contribution in [0.5, 0.6) is 0 Å². The fourth-order valence-corrected chi connectivity index (χ4v) is 4.50. The SMILES string of the molecule is CNC(=O)c1ccc2ncc(=O)n(CCN3CCC(NCc4ccc(C)c([N+](=O)[O-])c4)CC3)c2c1. The van der Waals surface area contributed by atoms with Crippen molar-refractivity contribution in [3.63, 3.8) is 0 Å². The van der Waals surface area contributed by atoms with Gasteiger partial charge < -0.3 is 20.1 Å². The van der Waals surface area contributed by atoms with Gasteiger partial charge in [-0.15, -0.1) is 0 Å². The van der Waals surface area contributed by atoms with Crippen molar-refractivity contribution in [2.45, 2.75) is 38.9 Å². The van der Waals surface area contributed by atoms with E-state index in [0.717, 1.165) is 38.0 Å². The number of fused-ring (bicyclic) bond motifs is 1. The van der Waals surface area contributed by atoms with Crippen LogP contribution in [0.25, 0.3) is 11.0 Å². The van der Waals surface area contributed by atoms with Crippen molar-refractivity contribution >= 4 is 22.6 Å². The standard InChI is InChI=1S/C25H30N6O4/c1-17-3-4-18(13-22(17)31(34)35)15-27-20-7-9-29(10-8-20)11-12-30-23-14-19(25(33)26-2)5-6-21(23)28-16-24(30)32/h3-6,13-14,16,20,27H,7-12,15H2,1-2H3,(H,26,33). The molecule has 2 N–H and O–H groups in total. The number of likely N-dealkylation sites (tertiary alicyclic amines) is 1. The lowest BCUT2D eigenvalue weighted by Gasteiger charge is -2.32. The highest BCUT2D eigenvalue weighted by molar-refractivity contribution is 5.97. The average Bonchev–Trinajstić information content (AvgIpc) is 2.87. The Morgan fingerprint density at radius 3 is 2.66 bits per heavy atom. The Morgan fingerprint density at radius 1 is 1.17 bits per heavy atom. The predicted molar refractivity (Wildman–Crippen MR) is 134 cm³/mol. The van der Waals surface area contributed by atoms with Gasteiger partial charge >= 0.3 is 0 Å². The van der Waals surface area contributed by atoms with Crippen LogP contribution >= 0.6 is 0 Å². The number of nitro groups is 1. The van der Waals surface area contributed by atoms with Gasteiger partial charge in [0.05, 0.1) is 22.2 Å². The molecule has 0 aliphatic carbocycles. The van der Waals surface area contributed by atoms with Crippen LogP contribution in [-0.2, 0) is 13.1 Å². The number of aromatic nitrogens is 2. The number of nitrogens with one attached hydrogen (secondary N) is 2. The van der Waals surface area contributed by atoms with E-state index in [-0.39, 0.29) is 22.1 Å². The highest BCUT2D eigenvalue weighted by Gasteiger charge is 2.20. The van der Waals surface area contributed by atoms with Crippen molar-refractivity contribution < 1.29 is 9.72 Å². The molecule has 1 fully saturated rings. The predicted octanol–water partition coefficient (Wildman–Crippen LogP) is 2.23. The summed E-state index contributed by atoms with van der Waals surface area (Å²) in [4.78, 5) is 42.0. The molecule has 35 heavy (non-hydrogen) atoms. The molecule has 10 nitrogen and oxygen atoms in total. The minimum Gasteiger partial charge on any atom is -0.355 e. The Morgan fingerprint density at radius 2 is 1.94 bits per heavy atom.